The molecule has 0 saturated carbocycles. The van der Waals surface area contributed by atoms with Crippen LogP contribution in [0.1, 0.15) is 55.5 Å². The van der Waals surface area contributed by atoms with Crippen molar-refractivity contribution < 1.29 is 14.3 Å². The van der Waals surface area contributed by atoms with E-state index in [9.17, 15) is 4.79 Å². The summed E-state index contributed by atoms with van der Waals surface area (Å²) in [5.41, 5.74) is 3.94. The monoisotopic (exact) mass is 416 g/mol. The van der Waals surface area contributed by atoms with E-state index in [4.69, 9.17) is 9.47 Å². The lowest BCUT2D eigenvalue weighted by molar-refractivity contribution is 0.0734. The van der Waals surface area contributed by atoms with Crippen molar-refractivity contribution in [2.75, 3.05) is 6.61 Å². The lowest BCUT2D eigenvalue weighted by Crippen LogP contribution is -2.12. The van der Waals surface area contributed by atoms with Crippen molar-refractivity contribution in [3.05, 3.63) is 83.9 Å². The summed E-state index contributed by atoms with van der Waals surface area (Å²) in [6.07, 6.45) is 4.69. The van der Waals surface area contributed by atoms with E-state index >= 15 is 0 Å². The number of carbonyl (C=O) groups excluding carboxylic acids is 1. The number of hydrogen-bond acceptors (Lipinski definition) is 3. The predicted molar refractivity (Wildman–Crippen MR) is 127 cm³/mol. The average Bonchev–Trinajstić information content (AvgIpc) is 2.80. The molecule has 0 aromatic heterocycles. The summed E-state index contributed by atoms with van der Waals surface area (Å²) >= 11 is 0. The minimum Gasteiger partial charge on any atom is -0.493 e. The molecule has 0 amide bonds. The molecule has 162 valence electrons. The van der Waals surface area contributed by atoms with Crippen LogP contribution in [0.5, 0.6) is 11.5 Å². The van der Waals surface area contributed by atoms with E-state index in [1.54, 1.807) is 12.1 Å². The first-order valence-electron chi connectivity index (χ1n) is 11.2. The molecule has 0 radical (unpaired) electrons. The zero-order chi connectivity index (χ0) is 22.1. The molecule has 0 aliphatic heterocycles. The van der Waals surface area contributed by atoms with E-state index in [1.807, 2.05) is 36.4 Å². The summed E-state index contributed by atoms with van der Waals surface area (Å²) in [6.45, 7) is 7.15. The minimum atomic E-state index is -0.383. The molecule has 0 aliphatic rings. The van der Waals surface area contributed by atoms with Gasteiger partial charge in [-0.3, -0.25) is 0 Å². The molecule has 0 aliphatic carbocycles. The maximum Gasteiger partial charge on any atom is 0.343 e. The van der Waals surface area contributed by atoms with Gasteiger partial charge in [0, 0.05) is 0 Å². The molecule has 1 atom stereocenters. The first kappa shape index (κ1) is 22.6. The molecule has 0 saturated heterocycles. The van der Waals surface area contributed by atoms with Crippen LogP contribution in [0.15, 0.2) is 72.8 Å². The maximum absolute atomic E-state index is 12.6. The Hall–Kier alpha value is -3.07. The minimum absolute atomic E-state index is 0.383. The van der Waals surface area contributed by atoms with Gasteiger partial charge in [-0.2, -0.15) is 0 Å². The fourth-order valence-corrected chi connectivity index (χ4v) is 3.45. The summed E-state index contributed by atoms with van der Waals surface area (Å²) in [4.78, 5) is 12.6. The van der Waals surface area contributed by atoms with Crippen LogP contribution in [-0.4, -0.2) is 12.6 Å². The highest BCUT2D eigenvalue weighted by Gasteiger charge is 2.12. The summed E-state index contributed by atoms with van der Waals surface area (Å²) in [5, 5.41) is 0. The number of esters is 1. The molecular formula is C28H32O3. The highest BCUT2D eigenvalue weighted by Crippen LogP contribution is 2.24. The van der Waals surface area contributed by atoms with Gasteiger partial charge in [0.2, 0.25) is 0 Å². The van der Waals surface area contributed by atoms with Crippen LogP contribution in [0.4, 0.5) is 0 Å². The number of ether oxygens (including phenoxy) is 2. The Balaban J connectivity index is 1.60. The van der Waals surface area contributed by atoms with Gasteiger partial charge < -0.3 is 9.47 Å². The number of benzene rings is 3. The van der Waals surface area contributed by atoms with E-state index in [0.29, 0.717) is 29.6 Å². The highest BCUT2D eigenvalue weighted by molar-refractivity contribution is 5.91. The average molecular weight is 417 g/mol. The Morgan fingerprint density at radius 3 is 2.19 bits per heavy atom. The van der Waals surface area contributed by atoms with Gasteiger partial charge in [-0.05, 0) is 60.7 Å². The number of aryl methyl sites for hydroxylation is 1. The molecule has 0 spiro atoms. The van der Waals surface area contributed by atoms with Gasteiger partial charge in [-0.25, -0.2) is 4.79 Å². The van der Waals surface area contributed by atoms with E-state index < -0.39 is 0 Å². The second-order valence-electron chi connectivity index (χ2n) is 8.04. The van der Waals surface area contributed by atoms with Crippen molar-refractivity contribution in [1.29, 1.82) is 0 Å². The SMILES string of the molecule is CCCCC(CC)COc1cccc(C(=O)Oc2ccc(-c3ccc(C)cc3)cc2)c1. The Bertz CT molecular complexity index is 958. The lowest BCUT2D eigenvalue weighted by Gasteiger charge is -2.16. The topological polar surface area (TPSA) is 35.5 Å². The van der Waals surface area contributed by atoms with Crippen LogP contribution >= 0.6 is 0 Å². The fourth-order valence-electron chi connectivity index (χ4n) is 3.45. The van der Waals surface area contributed by atoms with Gasteiger partial charge >= 0.3 is 5.97 Å². The second-order valence-corrected chi connectivity index (χ2v) is 8.04. The summed E-state index contributed by atoms with van der Waals surface area (Å²) in [5.74, 6) is 1.39. The van der Waals surface area contributed by atoms with E-state index in [1.165, 1.54) is 24.8 Å². The van der Waals surface area contributed by atoms with Crippen molar-refractivity contribution in [2.24, 2.45) is 5.92 Å². The zero-order valence-corrected chi connectivity index (χ0v) is 18.8. The van der Waals surface area contributed by atoms with Crippen LogP contribution in [0.3, 0.4) is 0 Å². The summed E-state index contributed by atoms with van der Waals surface area (Å²) in [6, 6.07) is 23.2. The van der Waals surface area contributed by atoms with Gasteiger partial charge in [0.05, 0.1) is 12.2 Å². The van der Waals surface area contributed by atoms with Crippen LogP contribution < -0.4 is 9.47 Å². The molecule has 31 heavy (non-hydrogen) atoms. The molecule has 0 heterocycles. The van der Waals surface area contributed by atoms with Crippen LogP contribution in [0.25, 0.3) is 11.1 Å². The Labute approximate surface area is 186 Å². The molecule has 3 heteroatoms. The van der Waals surface area contributed by atoms with Crippen molar-refractivity contribution in [1.82, 2.24) is 0 Å². The lowest BCUT2D eigenvalue weighted by atomic mass is 10.0. The summed E-state index contributed by atoms with van der Waals surface area (Å²) in [7, 11) is 0. The third kappa shape index (κ3) is 6.71. The van der Waals surface area contributed by atoms with Crippen LogP contribution in [0, 0.1) is 12.8 Å². The number of rotatable bonds is 10. The van der Waals surface area contributed by atoms with Crippen molar-refractivity contribution in [3.63, 3.8) is 0 Å². The molecule has 1 unspecified atom stereocenters. The van der Waals surface area contributed by atoms with Gasteiger partial charge in [-0.15, -0.1) is 0 Å². The molecule has 3 aromatic rings. The standard InChI is InChI=1S/C28H32O3/c1-4-6-8-22(5-2)20-30-27-10-7-9-25(19-27)28(29)31-26-17-15-24(16-18-26)23-13-11-21(3)12-14-23/h7,9-19,22H,4-6,8,20H2,1-3H3. The summed E-state index contributed by atoms with van der Waals surface area (Å²) < 4.78 is 11.5. The molecule has 0 bridgehead atoms. The Morgan fingerprint density at radius 1 is 0.871 bits per heavy atom. The third-order valence-electron chi connectivity index (χ3n) is 5.55. The van der Waals surface area contributed by atoms with Crippen LogP contribution in [0.2, 0.25) is 0 Å². The number of unbranched alkanes of at least 4 members (excludes halogenated alkanes) is 1. The number of carbonyl (C=O) groups is 1. The van der Waals surface area contributed by atoms with Crippen molar-refractivity contribution in [3.8, 4) is 22.6 Å². The maximum atomic E-state index is 12.6. The third-order valence-corrected chi connectivity index (χ3v) is 5.55. The first-order chi connectivity index (χ1) is 15.1. The van der Waals surface area contributed by atoms with Gasteiger partial charge in [0.1, 0.15) is 11.5 Å². The molecule has 3 nitrogen and oxygen atoms in total. The smallest absolute Gasteiger partial charge is 0.343 e. The largest absolute Gasteiger partial charge is 0.493 e. The second kappa shape index (κ2) is 11.4. The van der Waals surface area contributed by atoms with Gasteiger partial charge in [-0.1, -0.05) is 81.1 Å². The Kier molecular flexibility index (Phi) is 8.28. The molecule has 3 rings (SSSR count). The molecule has 0 fully saturated rings. The normalized spacial score (nSPS) is 11.7. The van der Waals surface area contributed by atoms with Crippen LogP contribution in [-0.2, 0) is 0 Å². The van der Waals surface area contributed by atoms with Crippen molar-refractivity contribution >= 4 is 5.97 Å². The number of hydrogen-bond donors (Lipinski definition) is 0. The van der Waals surface area contributed by atoms with E-state index in [-0.39, 0.29) is 5.97 Å². The van der Waals surface area contributed by atoms with E-state index in [2.05, 4.69) is 45.0 Å². The fraction of sp³-hybridized carbons (Fsp3) is 0.321. The molecule has 3 aromatic carbocycles. The van der Waals surface area contributed by atoms with Crippen molar-refractivity contribution in [2.45, 2.75) is 46.5 Å². The Morgan fingerprint density at radius 2 is 1.55 bits per heavy atom. The molecular weight excluding hydrogens is 384 g/mol. The quantitative estimate of drug-likeness (QED) is 0.254. The van der Waals surface area contributed by atoms with Gasteiger partial charge in [0.25, 0.3) is 0 Å². The first-order valence-corrected chi connectivity index (χ1v) is 11.2. The predicted octanol–water partition coefficient (Wildman–Crippen LogP) is 7.48. The zero-order valence-electron chi connectivity index (χ0n) is 18.8. The molecule has 0 N–H and O–H groups in total. The van der Waals surface area contributed by atoms with E-state index in [0.717, 1.165) is 17.5 Å². The highest BCUT2D eigenvalue weighted by atomic mass is 16.5. The van der Waals surface area contributed by atoms with Gasteiger partial charge in [0.15, 0.2) is 0 Å².